The quantitative estimate of drug-likeness (QED) is 0.575. The first-order chi connectivity index (χ1) is 10.3. The summed E-state index contributed by atoms with van der Waals surface area (Å²) < 4.78 is 7.86. The zero-order valence-electron chi connectivity index (χ0n) is 11.7. The Hall–Kier alpha value is -2.75. The van der Waals surface area contributed by atoms with Gasteiger partial charge in [0.2, 0.25) is 0 Å². The van der Waals surface area contributed by atoms with Gasteiger partial charge in [0.25, 0.3) is 0 Å². The standard InChI is InChI=1S/C17H17N3O/c1-2-11-20-15-10-6-9-14(18)17(15)19-16(20)12-21-13-7-4-3-5-8-13/h2-10H,1,11-12,18H2. The number of allylic oxidation sites excluding steroid dienone is 1. The van der Waals surface area contributed by atoms with Gasteiger partial charge in [0.05, 0.1) is 11.2 Å². The van der Waals surface area contributed by atoms with E-state index in [-0.39, 0.29) is 0 Å². The van der Waals surface area contributed by atoms with Gasteiger partial charge in [0.15, 0.2) is 0 Å². The molecule has 0 spiro atoms. The number of aromatic nitrogens is 2. The van der Waals surface area contributed by atoms with Gasteiger partial charge >= 0.3 is 0 Å². The van der Waals surface area contributed by atoms with Gasteiger partial charge in [-0.2, -0.15) is 0 Å². The molecule has 4 heteroatoms. The molecule has 2 aromatic carbocycles. The van der Waals surface area contributed by atoms with E-state index in [0.717, 1.165) is 22.6 Å². The molecule has 3 aromatic rings. The summed E-state index contributed by atoms with van der Waals surface area (Å²) in [6.07, 6.45) is 1.84. The zero-order valence-corrected chi connectivity index (χ0v) is 11.7. The maximum Gasteiger partial charge on any atom is 0.148 e. The monoisotopic (exact) mass is 279 g/mol. The number of nitrogen functional groups attached to an aromatic ring is 1. The number of anilines is 1. The number of imidazole rings is 1. The lowest BCUT2D eigenvalue weighted by Crippen LogP contribution is -2.06. The predicted molar refractivity (Wildman–Crippen MR) is 85.1 cm³/mol. The molecule has 0 fully saturated rings. The second-order valence-electron chi connectivity index (χ2n) is 4.74. The van der Waals surface area contributed by atoms with Gasteiger partial charge < -0.3 is 15.0 Å². The highest BCUT2D eigenvalue weighted by atomic mass is 16.5. The molecule has 0 bridgehead atoms. The molecule has 2 N–H and O–H groups in total. The predicted octanol–water partition coefficient (Wildman–Crippen LogP) is 3.38. The van der Waals surface area contributed by atoms with Crippen molar-refractivity contribution in [2.45, 2.75) is 13.2 Å². The summed E-state index contributed by atoms with van der Waals surface area (Å²) in [5.74, 6) is 1.66. The van der Waals surface area contributed by atoms with Crippen molar-refractivity contribution in [3.05, 3.63) is 67.0 Å². The third-order valence-electron chi connectivity index (χ3n) is 3.31. The number of nitrogens with two attached hydrogens (primary N) is 1. The third-order valence-corrected chi connectivity index (χ3v) is 3.31. The summed E-state index contributed by atoms with van der Waals surface area (Å²) >= 11 is 0. The molecule has 4 nitrogen and oxygen atoms in total. The van der Waals surface area contributed by atoms with Gasteiger partial charge in [-0.15, -0.1) is 6.58 Å². The number of fused-ring (bicyclic) bond motifs is 1. The van der Waals surface area contributed by atoms with Crippen molar-refractivity contribution in [1.82, 2.24) is 9.55 Å². The number of nitrogens with zero attached hydrogens (tertiary/aromatic N) is 2. The molecule has 1 aromatic heterocycles. The lowest BCUT2D eigenvalue weighted by molar-refractivity contribution is 0.291. The van der Waals surface area contributed by atoms with Crippen LogP contribution in [-0.2, 0) is 13.2 Å². The lowest BCUT2D eigenvalue weighted by atomic mass is 10.3. The minimum atomic E-state index is 0.395. The fourth-order valence-corrected chi connectivity index (χ4v) is 2.32. The SMILES string of the molecule is C=CCn1c(COc2ccccc2)nc2c(N)cccc21. The van der Waals surface area contributed by atoms with Crippen LogP contribution in [0, 0.1) is 0 Å². The van der Waals surface area contributed by atoms with E-state index in [9.17, 15) is 0 Å². The highest BCUT2D eigenvalue weighted by Crippen LogP contribution is 2.23. The number of hydrogen-bond donors (Lipinski definition) is 1. The number of rotatable bonds is 5. The second-order valence-corrected chi connectivity index (χ2v) is 4.74. The van der Waals surface area contributed by atoms with Gasteiger partial charge in [-0.05, 0) is 24.3 Å². The van der Waals surface area contributed by atoms with Crippen LogP contribution in [-0.4, -0.2) is 9.55 Å². The number of benzene rings is 2. The summed E-state index contributed by atoms with van der Waals surface area (Å²) in [5, 5.41) is 0. The zero-order chi connectivity index (χ0) is 14.7. The maximum atomic E-state index is 6.00. The van der Waals surface area contributed by atoms with Crippen molar-refractivity contribution in [2.24, 2.45) is 0 Å². The van der Waals surface area contributed by atoms with Crippen molar-refractivity contribution < 1.29 is 4.74 Å². The van der Waals surface area contributed by atoms with Crippen LogP contribution in [0.1, 0.15) is 5.82 Å². The molecular weight excluding hydrogens is 262 g/mol. The number of ether oxygens (including phenoxy) is 1. The number of hydrogen-bond acceptors (Lipinski definition) is 3. The van der Waals surface area contributed by atoms with Crippen LogP contribution in [0.5, 0.6) is 5.75 Å². The summed E-state index contributed by atoms with van der Waals surface area (Å²) in [6.45, 7) is 4.87. The van der Waals surface area contributed by atoms with Crippen molar-refractivity contribution in [3.8, 4) is 5.75 Å². The average Bonchev–Trinajstić information content (AvgIpc) is 2.86. The topological polar surface area (TPSA) is 53.1 Å². The molecule has 0 atom stereocenters. The number of para-hydroxylation sites is 2. The third kappa shape index (κ3) is 2.60. The van der Waals surface area contributed by atoms with Crippen LogP contribution < -0.4 is 10.5 Å². The lowest BCUT2D eigenvalue weighted by Gasteiger charge is -2.08. The Labute approximate surface area is 123 Å². The van der Waals surface area contributed by atoms with Crippen LogP contribution in [0.3, 0.4) is 0 Å². The largest absolute Gasteiger partial charge is 0.486 e. The molecule has 106 valence electrons. The van der Waals surface area contributed by atoms with E-state index in [4.69, 9.17) is 10.5 Å². The highest BCUT2D eigenvalue weighted by molar-refractivity contribution is 5.87. The fraction of sp³-hybridized carbons (Fsp3) is 0.118. The molecule has 1 heterocycles. The Kier molecular flexibility index (Phi) is 3.60. The molecule has 0 unspecified atom stereocenters. The molecule has 0 aliphatic carbocycles. The normalized spacial score (nSPS) is 10.7. The molecule has 3 rings (SSSR count). The summed E-state index contributed by atoms with van der Waals surface area (Å²) in [7, 11) is 0. The van der Waals surface area contributed by atoms with Gasteiger partial charge in [-0.3, -0.25) is 0 Å². The highest BCUT2D eigenvalue weighted by Gasteiger charge is 2.12. The van der Waals surface area contributed by atoms with Crippen LogP contribution in [0.15, 0.2) is 61.2 Å². The Morgan fingerprint density at radius 1 is 1.14 bits per heavy atom. The van der Waals surface area contributed by atoms with Crippen LogP contribution >= 0.6 is 0 Å². The first kappa shape index (κ1) is 13.2. The molecule has 0 saturated carbocycles. The molecule has 0 aliphatic heterocycles. The Balaban J connectivity index is 1.95. The van der Waals surface area contributed by atoms with Crippen LogP contribution in [0.25, 0.3) is 11.0 Å². The molecular formula is C17H17N3O. The average molecular weight is 279 g/mol. The van der Waals surface area contributed by atoms with Gasteiger partial charge in [-0.25, -0.2) is 4.98 Å². The van der Waals surface area contributed by atoms with Crippen LogP contribution in [0.4, 0.5) is 5.69 Å². The van der Waals surface area contributed by atoms with E-state index in [1.54, 1.807) is 0 Å². The Morgan fingerprint density at radius 2 is 1.95 bits per heavy atom. The van der Waals surface area contributed by atoms with Crippen LogP contribution in [0.2, 0.25) is 0 Å². The molecule has 21 heavy (non-hydrogen) atoms. The van der Waals surface area contributed by atoms with Crippen molar-refractivity contribution in [1.29, 1.82) is 0 Å². The first-order valence-corrected chi connectivity index (χ1v) is 6.82. The first-order valence-electron chi connectivity index (χ1n) is 6.82. The van der Waals surface area contributed by atoms with E-state index in [1.807, 2.05) is 54.6 Å². The second kappa shape index (κ2) is 5.71. The van der Waals surface area contributed by atoms with E-state index in [0.29, 0.717) is 18.8 Å². The maximum absolute atomic E-state index is 6.00. The fourth-order valence-electron chi connectivity index (χ4n) is 2.32. The molecule has 0 radical (unpaired) electrons. The van der Waals surface area contributed by atoms with Gasteiger partial charge in [0, 0.05) is 6.54 Å². The molecule has 0 amide bonds. The van der Waals surface area contributed by atoms with Gasteiger partial charge in [0.1, 0.15) is 23.7 Å². The van der Waals surface area contributed by atoms with Crippen molar-refractivity contribution in [2.75, 3.05) is 5.73 Å². The molecule has 0 saturated heterocycles. The summed E-state index contributed by atoms with van der Waals surface area (Å²) in [5.41, 5.74) is 8.49. The summed E-state index contributed by atoms with van der Waals surface area (Å²) in [6, 6.07) is 15.5. The van der Waals surface area contributed by atoms with E-state index < -0.39 is 0 Å². The van der Waals surface area contributed by atoms with Crippen molar-refractivity contribution in [3.63, 3.8) is 0 Å². The minimum absolute atomic E-state index is 0.395. The Bertz CT molecular complexity index is 762. The van der Waals surface area contributed by atoms with E-state index in [1.165, 1.54) is 0 Å². The van der Waals surface area contributed by atoms with Gasteiger partial charge in [-0.1, -0.05) is 30.3 Å². The van der Waals surface area contributed by atoms with E-state index >= 15 is 0 Å². The Morgan fingerprint density at radius 3 is 2.71 bits per heavy atom. The van der Waals surface area contributed by atoms with E-state index in [2.05, 4.69) is 16.1 Å². The minimum Gasteiger partial charge on any atom is -0.486 e. The molecule has 0 aliphatic rings. The summed E-state index contributed by atoms with van der Waals surface area (Å²) in [4.78, 5) is 4.61. The smallest absolute Gasteiger partial charge is 0.148 e. The van der Waals surface area contributed by atoms with Crippen molar-refractivity contribution >= 4 is 16.7 Å².